The summed E-state index contributed by atoms with van der Waals surface area (Å²) in [4.78, 5) is 75.4. The van der Waals surface area contributed by atoms with Gasteiger partial charge in [-0.2, -0.15) is 5.26 Å². The summed E-state index contributed by atoms with van der Waals surface area (Å²) in [6.45, 7) is 7.35. The number of carbonyl (C=O) groups excluding carboxylic acids is 5. The van der Waals surface area contributed by atoms with Crippen molar-refractivity contribution in [2.45, 2.75) is 83.2 Å². The summed E-state index contributed by atoms with van der Waals surface area (Å²) in [7, 11) is 0. The first kappa shape index (κ1) is 43.8. The molecule has 7 rings (SSSR count). The van der Waals surface area contributed by atoms with E-state index in [-0.39, 0.29) is 35.6 Å². The summed E-state index contributed by atoms with van der Waals surface area (Å²) in [5.41, 5.74) is 4.96. The van der Waals surface area contributed by atoms with Crippen LogP contribution in [0.25, 0.3) is 6.08 Å². The molecule has 0 aliphatic carbocycles. The molecular weight excluding hydrogens is 781 g/mol. The van der Waals surface area contributed by atoms with Crippen molar-refractivity contribution in [3.8, 4) is 17.9 Å². The quantitative estimate of drug-likeness (QED) is 0.0680. The maximum atomic E-state index is 13.4. The fraction of sp³-hybridized carbons (Fsp3) is 0.449. The van der Waals surface area contributed by atoms with Gasteiger partial charge in [-0.05, 0) is 111 Å². The first-order valence-electron chi connectivity index (χ1n) is 22.2. The zero-order valence-corrected chi connectivity index (χ0v) is 35.4. The smallest absolute Gasteiger partial charge is 0.261 e. The van der Waals surface area contributed by atoms with Crippen molar-refractivity contribution in [1.29, 1.82) is 5.26 Å². The lowest BCUT2D eigenvalue weighted by molar-refractivity contribution is -0.137. The van der Waals surface area contributed by atoms with Gasteiger partial charge in [0.2, 0.25) is 11.8 Å². The number of nitrogens with zero attached hydrogens (tertiary/aromatic N) is 6. The number of hydrogen-bond acceptors (Lipinski definition) is 9. The Morgan fingerprint density at radius 3 is 2.44 bits per heavy atom. The largest absolute Gasteiger partial charge is 0.369 e. The third kappa shape index (κ3) is 11.3. The lowest BCUT2D eigenvalue weighted by Crippen LogP contribution is -2.52. The molecule has 4 aliphatic rings. The number of imide groups is 1. The van der Waals surface area contributed by atoms with E-state index in [0.29, 0.717) is 36.6 Å². The summed E-state index contributed by atoms with van der Waals surface area (Å²) in [6.07, 6.45) is 14.2. The SMILES string of the molecule is N#C/C(=C\c1cccnc1)C(=O)NCCCCC1CCN(C(=O)c2ccc(N3CCN(CCCCCC#Cc4cccc5c4CN(C4CCC(=O)NC4=O)C5=O)CC3)cc2)CC1. The van der Waals surface area contributed by atoms with Crippen LogP contribution in [-0.4, -0.2) is 108 Å². The van der Waals surface area contributed by atoms with E-state index >= 15 is 0 Å². The number of fused-ring (bicyclic) bond motifs is 1. The van der Waals surface area contributed by atoms with E-state index in [4.69, 9.17) is 0 Å². The van der Waals surface area contributed by atoms with Crippen LogP contribution in [0, 0.1) is 29.1 Å². The van der Waals surface area contributed by atoms with Gasteiger partial charge in [0.25, 0.3) is 17.7 Å². The molecule has 0 saturated carbocycles. The Hall–Kier alpha value is -6.31. The molecule has 2 N–H and O–H groups in total. The van der Waals surface area contributed by atoms with Crippen molar-refractivity contribution < 1.29 is 24.0 Å². The summed E-state index contributed by atoms with van der Waals surface area (Å²) in [5, 5.41) is 14.6. The number of amides is 5. The molecule has 1 unspecified atom stereocenters. The number of piperazine rings is 1. The molecule has 62 heavy (non-hydrogen) atoms. The number of hydrogen-bond donors (Lipinski definition) is 2. The molecular formula is C49H56N8O5. The average molecular weight is 837 g/mol. The normalized spacial score (nSPS) is 18.4. The first-order chi connectivity index (χ1) is 30.3. The molecule has 3 saturated heterocycles. The molecule has 3 fully saturated rings. The number of unbranched alkanes of at least 4 members (excludes halogenated alkanes) is 4. The summed E-state index contributed by atoms with van der Waals surface area (Å²) < 4.78 is 0. The van der Waals surface area contributed by atoms with Crippen molar-refractivity contribution in [2.24, 2.45) is 5.92 Å². The highest BCUT2D eigenvalue weighted by molar-refractivity contribution is 6.05. The molecule has 5 heterocycles. The van der Waals surface area contributed by atoms with E-state index < -0.39 is 11.9 Å². The van der Waals surface area contributed by atoms with Crippen LogP contribution in [0.4, 0.5) is 5.69 Å². The second-order valence-electron chi connectivity index (χ2n) is 16.7. The molecule has 0 radical (unpaired) electrons. The van der Waals surface area contributed by atoms with E-state index in [1.165, 1.54) is 0 Å². The van der Waals surface area contributed by atoms with E-state index in [2.05, 4.69) is 49.4 Å². The molecule has 13 heteroatoms. The summed E-state index contributed by atoms with van der Waals surface area (Å²) in [6, 6.07) is 18.6. The van der Waals surface area contributed by atoms with E-state index in [9.17, 15) is 29.2 Å². The number of nitriles is 1. The van der Waals surface area contributed by atoms with Gasteiger partial charge in [0.05, 0.1) is 0 Å². The van der Waals surface area contributed by atoms with Crippen LogP contribution in [0.3, 0.4) is 0 Å². The highest BCUT2D eigenvalue weighted by Crippen LogP contribution is 2.30. The minimum Gasteiger partial charge on any atom is -0.369 e. The van der Waals surface area contributed by atoms with Crippen LogP contribution in [0.2, 0.25) is 0 Å². The molecule has 2 aromatic carbocycles. The number of rotatable bonds is 15. The van der Waals surface area contributed by atoms with Gasteiger partial charge in [0.1, 0.15) is 17.7 Å². The fourth-order valence-electron chi connectivity index (χ4n) is 8.87. The predicted octanol–water partition coefficient (Wildman–Crippen LogP) is 5.32. The van der Waals surface area contributed by atoms with Crippen molar-refractivity contribution in [2.75, 3.05) is 57.3 Å². The Labute approximate surface area is 364 Å². The summed E-state index contributed by atoms with van der Waals surface area (Å²) in [5.74, 6) is 6.00. The van der Waals surface area contributed by atoms with Gasteiger partial charge < -0.3 is 20.0 Å². The van der Waals surface area contributed by atoms with Gasteiger partial charge in [-0.15, -0.1) is 0 Å². The monoisotopic (exact) mass is 836 g/mol. The van der Waals surface area contributed by atoms with Gasteiger partial charge in [0.15, 0.2) is 0 Å². The molecule has 322 valence electrons. The summed E-state index contributed by atoms with van der Waals surface area (Å²) >= 11 is 0. The number of anilines is 1. The fourth-order valence-corrected chi connectivity index (χ4v) is 8.87. The number of aromatic nitrogens is 1. The second-order valence-corrected chi connectivity index (χ2v) is 16.7. The second kappa shape index (κ2) is 21.5. The molecule has 3 aromatic rings. The standard InChI is InChI=1S/C49H56N8O5/c50-33-40(32-37-11-9-23-51-34-37)46(59)52-24-6-5-10-36-21-26-56(27-22-36)48(61)39-15-17-41(18-16-39)55-30-28-54(29-31-55)25-7-3-1-2-4-12-38-13-8-14-42-43(38)35-57(49(42)62)44-19-20-45(58)53-47(44)60/h8-9,11,13-18,23,32,34,36,44H,1-3,5-7,10,19-22,24-31,35H2,(H,52,59)(H,53,58,60)/b40-32+. The Kier molecular flexibility index (Phi) is 15.2. The van der Waals surface area contributed by atoms with E-state index in [1.807, 2.05) is 35.2 Å². The molecule has 1 aromatic heterocycles. The predicted molar refractivity (Wildman–Crippen MR) is 236 cm³/mol. The average Bonchev–Trinajstić information content (AvgIpc) is 3.64. The zero-order chi connectivity index (χ0) is 43.3. The van der Waals surface area contributed by atoms with Gasteiger partial charge in [-0.25, -0.2) is 0 Å². The molecule has 4 aliphatic heterocycles. The molecule has 13 nitrogen and oxygen atoms in total. The third-order valence-corrected chi connectivity index (χ3v) is 12.5. The minimum absolute atomic E-state index is 0.0717. The Morgan fingerprint density at radius 1 is 0.887 bits per heavy atom. The van der Waals surface area contributed by atoms with Gasteiger partial charge in [-0.3, -0.25) is 39.2 Å². The number of carbonyl (C=O) groups is 5. The van der Waals surface area contributed by atoms with Crippen LogP contribution < -0.4 is 15.5 Å². The number of benzene rings is 2. The van der Waals surface area contributed by atoms with Gasteiger partial charge >= 0.3 is 0 Å². The number of nitrogens with one attached hydrogen (secondary N) is 2. The van der Waals surface area contributed by atoms with Crippen molar-refractivity contribution in [1.82, 2.24) is 30.3 Å². The zero-order valence-electron chi connectivity index (χ0n) is 35.4. The molecule has 0 bridgehead atoms. The third-order valence-electron chi connectivity index (χ3n) is 12.5. The molecule has 5 amide bonds. The van der Waals surface area contributed by atoms with Gasteiger partial charge in [-0.1, -0.05) is 43.2 Å². The highest BCUT2D eigenvalue weighted by Gasteiger charge is 2.39. The highest BCUT2D eigenvalue weighted by atomic mass is 16.2. The Bertz CT molecular complexity index is 2230. The van der Waals surface area contributed by atoms with Crippen molar-refractivity contribution in [3.63, 3.8) is 0 Å². The van der Waals surface area contributed by atoms with Gasteiger partial charge in [0, 0.05) is 100.0 Å². The van der Waals surface area contributed by atoms with E-state index in [0.717, 1.165) is 126 Å². The lowest BCUT2D eigenvalue weighted by atomic mass is 9.91. The lowest BCUT2D eigenvalue weighted by Gasteiger charge is -2.36. The Morgan fingerprint density at radius 2 is 1.69 bits per heavy atom. The van der Waals surface area contributed by atoms with Crippen LogP contribution >= 0.6 is 0 Å². The van der Waals surface area contributed by atoms with Crippen molar-refractivity contribution in [3.05, 3.63) is 100 Å². The molecule has 0 spiro atoms. The van der Waals surface area contributed by atoms with Crippen LogP contribution in [0.5, 0.6) is 0 Å². The first-order valence-corrected chi connectivity index (χ1v) is 22.2. The maximum absolute atomic E-state index is 13.4. The van der Waals surface area contributed by atoms with E-state index in [1.54, 1.807) is 41.6 Å². The Balaban J connectivity index is 0.744. The molecule has 1 atom stereocenters. The number of pyridine rings is 1. The number of piperidine rings is 2. The number of likely N-dealkylation sites (tertiary alicyclic amines) is 1. The maximum Gasteiger partial charge on any atom is 0.261 e. The minimum atomic E-state index is -0.629. The topological polar surface area (TPSA) is 159 Å². The van der Waals surface area contributed by atoms with Crippen molar-refractivity contribution >= 4 is 41.3 Å². The van der Waals surface area contributed by atoms with Crippen LogP contribution in [0.15, 0.2) is 72.6 Å². The van der Waals surface area contributed by atoms with Crippen LogP contribution in [0.1, 0.15) is 108 Å². The van der Waals surface area contributed by atoms with Crippen LogP contribution in [-0.2, 0) is 20.9 Å².